The van der Waals surface area contributed by atoms with Gasteiger partial charge in [-0.3, -0.25) is 0 Å². The second-order valence-corrected chi connectivity index (χ2v) is 6.37. The average molecular weight is 277 g/mol. The molecule has 1 fully saturated rings. The van der Waals surface area contributed by atoms with E-state index in [0.29, 0.717) is 6.04 Å². The fourth-order valence-electron chi connectivity index (χ4n) is 3.21. The summed E-state index contributed by atoms with van der Waals surface area (Å²) in [6, 6.07) is 1.43. The molecule has 0 aromatic carbocycles. The summed E-state index contributed by atoms with van der Waals surface area (Å²) >= 11 is 0. The first-order valence-electron chi connectivity index (χ1n) is 8.76. The summed E-state index contributed by atoms with van der Waals surface area (Å²) < 4.78 is 0. The normalized spacial score (nSPS) is 23.6. The van der Waals surface area contributed by atoms with Crippen molar-refractivity contribution in [3.63, 3.8) is 0 Å². The molecule has 0 aromatic rings. The molecule has 0 aliphatic heterocycles. The van der Waals surface area contributed by atoms with Crippen LogP contribution >= 0.6 is 0 Å². The largest absolute Gasteiger partial charge is 0.311 e. The lowest BCUT2D eigenvalue weighted by molar-refractivity contribution is 0.361. The van der Waals surface area contributed by atoms with Crippen molar-refractivity contribution >= 4 is 0 Å². The Morgan fingerprint density at radius 3 is 2.75 bits per heavy atom. The minimum Gasteiger partial charge on any atom is -0.311 e. The minimum absolute atomic E-state index is 0.695. The highest BCUT2D eigenvalue weighted by molar-refractivity contribution is 5.03. The molecule has 2 atom stereocenters. The molecule has 0 spiro atoms. The van der Waals surface area contributed by atoms with Crippen LogP contribution < -0.4 is 5.32 Å². The van der Waals surface area contributed by atoms with Crippen LogP contribution in [0, 0.1) is 0 Å². The van der Waals surface area contributed by atoms with E-state index in [1.165, 1.54) is 63.4 Å². The molecule has 0 radical (unpaired) electrons. The monoisotopic (exact) mass is 277 g/mol. The van der Waals surface area contributed by atoms with Gasteiger partial charge in [-0.2, -0.15) is 0 Å². The summed E-state index contributed by atoms with van der Waals surface area (Å²) in [5.41, 5.74) is 3.07. The highest BCUT2D eigenvalue weighted by Crippen LogP contribution is 2.23. The average Bonchev–Trinajstić information content (AvgIpc) is 2.69. The molecular weight excluding hydrogens is 242 g/mol. The molecule has 1 nitrogen and oxygen atoms in total. The van der Waals surface area contributed by atoms with E-state index in [4.69, 9.17) is 0 Å². The van der Waals surface area contributed by atoms with Crippen molar-refractivity contribution in [2.45, 2.75) is 97.1 Å². The maximum Gasteiger partial charge on any atom is 0.00728 e. The summed E-state index contributed by atoms with van der Waals surface area (Å²) in [5.74, 6) is 0. The SMILES string of the molecule is C=C(CC)CCC(CCC)NC1CCC/C(=C/C)CC1. The van der Waals surface area contributed by atoms with Crippen molar-refractivity contribution in [1.29, 1.82) is 0 Å². The summed E-state index contributed by atoms with van der Waals surface area (Å²) in [7, 11) is 0. The molecular formula is C19H35N. The van der Waals surface area contributed by atoms with Gasteiger partial charge in [0.2, 0.25) is 0 Å². The first-order valence-corrected chi connectivity index (χ1v) is 8.76. The summed E-state index contributed by atoms with van der Waals surface area (Å²) in [4.78, 5) is 0. The predicted octanol–water partition coefficient (Wildman–Crippen LogP) is 5.77. The predicted molar refractivity (Wildman–Crippen MR) is 91.1 cm³/mol. The van der Waals surface area contributed by atoms with Gasteiger partial charge in [-0.05, 0) is 64.7 Å². The zero-order valence-corrected chi connectivity index (χ0v) is 14.0. The molecule has 0 saturated heterocycles. The molecule has 0 amide bonds. The summed E-state index contributed by atoms with van der Waals surface area (Å²) in [6.45, 7) is 10.9. The van der Waals surface area contributed by atoms with E-state index in [-0.39, 0.29) is 0 Å². The smallest absolute Gasteiger partial charge is 0.00728 e. The van der Waals surface area contributed by atoms with E-state index in [2.05, 4.69) is 38.7 Å². The highest BCUT2D eigenvalue weighted by Gasteiger charge is 2.17. The molecule has 1 aliphatic rings. The van der Waals surface area contributed by atoms with Gasteiger partial charge in [0.25, 0.3) is 0 Å². The molecule has 1 aliphatic carbocycles. The second-order valence-electron chi connectivity index (χ2n) is 6.37. The Balaban J connectivity index is 2.41. The third kappa shape index (κ3) is 6.74. The van der Waals surface area contributed by atoms with Crippen LogP contribution in [0.4, 0.5) is 0 Å². The van der Waals surface area contributed by atoms with Crippen molar-refractivity contribution < 1.29 is 0 Å². The van der Waals surface area contributed by atoms with Crippen LogP contribution in [0.25, 0.3) is 0 Å². The molecule has 1 heteroatoms. The molecule has 20 heavy (non-hydrogen) atoms. The fourth-order valence-corrected chi connectivity index (χ4v) is 3.21. The Morgan fingerprint density at radius 2 is 2.10 bits per heavy atom. The Morgan fingerprint density at radius 1 is 1.30 bits per heavy atom. The quantitative estimate of drug-likeness (QED) is 0.438. The Labute approximate surface area is 126 Å². The van der Waals surface area contributed by atoms with Gasteiger partial charge in [-0.25, -0.2) is 0 Å². The zero-order valence-electron chi connectivity index (χ0n) is 14.0. The molecule has 0 aromatic heterocycles. The minimum atomic E-state index is 0.695. The molecule has 1 rings (SSSR count). The lowest BCUT2D eigenvalue weighted by Crippen LogP contribution is -2.38. The van der Waals surface area contributed by atoms with Gasteiger partial charge >= 0.3 is 0 Å². The van der Waals surface area contributed by atoms with Crippen molar-refractivity contribution in [2.24, 2.45) is 0 Å². The van der Waals surface area contributed by atoms with E-state index >= 15 is 0 Å². The molecule has 0 bridgehead atoms. The number of hydrogen-bond donors (Lipinski definition) is 1. The van der Waals surface area contributed by atoms with Gasteiger partial charge in [0.1, 0.15) is 0 Å². The number of hydrogen-bond acceptors (Lipinski definition) is 1. The van der Waals surface area contributed by atoms with Gasteiger partial charge in [-0.15, -0.1) is 0 Å². The van der Waals surface area contributed by atoms with E-state index in [1.807, 2.05) is 0 Å². The molecule has 2 unspecified atom stereocenters. The zero-order chi connectivity index (χ0) is 14.8. The number of rotatable bonds is 8. The van der Waals surface area contributed by atoms with Crippen molar-refractivity contribution in [2.75, 3.05) is 0 Å². The Hall–Kier alpha value is -0.560. The third-order valence-corrected chi connectivity index (χ3v) is 4.73. The maximum atomic E-state index is 4.15. The van der Waals surface area contributed by atoms with Crippen LogP contribution in [0.15, 0.2) is 23.8 Å². The molecule has 116 valence electrons. The summed E-state index contributed by atoms with van der Waals surface area (Å²) in [6.07, 6.45) is 15.2. The number of allylic oxidation sites excluding steroid dienone is 3. The van der Waals surface area contributed by atoms with Gasteiger partial charge in [0, 0.05) is 12.1 Å². The van der Waals surface area contributed by atoms with Crippen LogP contribution in [-0.4, -0.2) is 12.1 Å². The van der Waals surface area contributed by atoms with Crippen molar-refractivity contribution in [3.05, 3.63) is 23.8 Å². The van der Waals surface area contributed by atoms with E-state index in [0.717, 1.165) is 12.5 Å². The summed E-state index contributed by atoms with van der Waals surface area (Å²) in [5, 5.41) is 3.95. The first-order chi connectivity index (χ1) is 9.69. The molecule has 1 N–H and O–H groups in total. The third-order valence-electron chi connectivity index (χ3n) is 4.73. The van der Waals surface area contributed by atoms with E-state index < -0.39 is 0 Å². The van der Waals surface area contributed by atoms with E-state index in [1.54, 1.807) is 5.57 Å². The number of nitrogens with one attached hydrogen (secondary N) is 1. The standard InChI is InChI=1S/C19H35N/c1-5-9-18(14-12-16(4)6-2)20-19-11-8-10-17(7-3)13-15-19/h7,18-20H,4-6,8-15H2,1-3H3/b17-7-. The van der Waals surface area contributed by atoms with Crippen LogP contribution in [0.5, 0.6) is 0 Å². The molecule has 0 heterocycles. The highest BCUT2D eigenvalue weighted by atomic mass is 14.9. The van der Waals surface area contributed by atoms with Crippen LogP contribution in [-0.2, 0) is 0 Å². The van der Waals surface area contributed by atoms with Crippen molar-refractivity contribution in [1.82, 2.24) is 5.32 Å². The van der Waals surface area contributed by atoms with Crippen LogP contribution in [0.3, 0.4) is 0 Å². The topological polar surface area (TPSA) is 12.0 Å². The van der Waals surface area contributed by atoms with Gasteiger partial charge in [0.15, 0.2) is 0 Å². The van der Waals surface area contributed by atoms with Crippen molar-refractivity contribution in [3.8, 4) is 0 Å². The van der Waals surface area contributed by atoms with Gasteiger partial charge < -0.3 is 5.32 Å². The Bertz CT molecular complexity index is 303. The first kappa shape index (κ1) is 17.5. The fraction of sp³-hybridized carbons (Fsp3) is 0.789. The maximum absolute atomic E-state index is 4.15. The van der Waals surface area contributed by atoms with Gasteiger partial charge in [0.05, 0.1) is 0 Å². The van der Waals surface area contributed by atoms with Crippen LogP contribution in [0.1, 0.15) is 85.0 Å². The molecule has 1 saturated carbocycles. The Kier molecular flexibility index (Phi) is 8.93. The lowest BCUT2D eigenvalue weighted by atomic mass is 9.99. The lowest BCUT2D eigenvalue weighted by Gasteiger charge is -2.25. The second kappa shape index (κ2) is 10.2. The van der Waals surface area contributed by atoms with Crippen LogP contribution in [0.2, 0.25) is 0 Å². The van der Waals surface area contributed by atoms with Gasteiger partial charge in [-0.1, -0.05) is 44.1 Å². The van der Waals surface area contributed by atoms with E-state index in [9.17, 15) is 0 Å².